The average molecular weight is 490 g/mol. The number of methoxy groups -OCH3 is 1. The van der Waals surface area contributed by atoms with Crippen molar-refractivity contribution in [3.8, 4) is 11.1 Å². The molecule has 1 amide bonds. The molecular weight excluding hydrogens is 473 g/mol. The van der Waals surface area contributed by atoms with Crippen molar-refractivity contribution in [1.82, 2.24) is 19.6 Å². The van der Waals surface area contributed by atoms with Crippen LogP contribution in [0.4, 0.5) is 5.00 Å². The molecule has 1 aromatic carbocycles. The molecule has 0 aliphatic heterocycles. The second-order valence-electron chi connectivity index (χ2n) is 6.99. The predicted molar refractivity (Wildman–Crippen MR) is 124 cm³/mol. The number of ether oxygens (including phenoxy) is 1. The number of aromatic nitrogens is 4. The fourth-order valence-corrected chi connectivity index (χ4v) is 4.92. The normalized spacial score (nSPS) is 11.1. The highest BCUT2D eigenvalue weighted by Crippen LogP contribution is 2.43. The number of hydrogen-bond donors (Lipinski definition) is 1. The van der Waals surface area contributed by atoms with E-state index in [-0.39, 0.29) is 11.4 Å². The summed E-state index contributed by atoms with van der Waals surface area (Å²) < 4.78 is 6.47. The molecule has 3 aromatic heterocycles. The van der Waals surface area contributed by atoms with Gasteiger partial charge in [0, 0.05) is 37.4 Å². The Morgan fingerprint density at radius 1 is 1.12 bits per heavy atom. The lowest BCUT2D eigenvalue weighted by Gasteiger charge is -2.09. The minimum absolute atomic E-state index is 0.0702. The van der Waals surface area contributed by atoms with Gasteiger partial charge in [-0.05, 0) is 39.0 Å². The third kappa shape index (κ3) is 3.94. The van der Waals surface area contributed by atoms with E-state index < -0.39 is 11.9 Å². The fraction of sp³-hybridized carbons (Fsp3) is 0.190. The van der Waals surface area contributed by atoms with Crippen molar-refractivity contribution in [1.29, 1.82) is 0 Å². The second-order valence-corrected chi connectivity index (χ2v) is 9.06. The molecule has 0 radical (unpaired) electrons. The third-order valence-corrected chi connectivity index (χ3v) is 6.29. The predicted octanol–water partition coefficient (Wildman–Crippen LogP) is 5.12. The molecular formula is C21H17Cl2N5O3S. The van der Waals surface area contributed by atoms with Gasteiger partial charge in [0.2, 0.25) is 5.82 Å². The van der Waals surface area contributed by atoms with Gasteiger partial charge in [-0.1, -0.05) is 29.3 Å². The summed E-state index contributed by atoms with van der Waals surface area (Å²) in [6, 6.07) is 6.82. The lowest BCUT2D eigenvalue weighted by Crippen LogP contribution is -2.16. The van der Waals surface area contributed by atoms with Gasteiger partial charge in [0.1, 0.15) is 10.6 Å². The molecule has 0 aliphatic rings. The third-order valence-electron chi connectivity index (χ3n) is 4.72. The lowest BCUT2D eigenvalue weighted by molar-refractivity contribution is 0.0603. The number of benzene rings is 1. The smallest absolute Gasteiger partial charge is 0.341 e. The first-order valence-corrected chi connectivity index (χ1v) is 11.0. The summed E-state index contributed by atoms with van der Waals surface area (Å²) in [7, 11) is 1.27. The maximum Gasteiger partial charge on any atom is 0.341 e. The molecule has 8 nitrogen and oxygen atoms in total. The van der Waals surface area contributed by atoms with Crippen LogP contribution in [0.2, 0.25) is 10.0 Å². The fourth-order valence-electron chi connectivity index (χ4n) is 3.37. The van der Waals surface area contributed by atoms with Crippen LogP contribution >= 0.6 is 34.5 Å². The summed E-state index contributed by atoms with van der Waals surface area (Å²) in [6.45, 7) is 5.51. The number of halogens is 2. The van der Waals surface area contributed by atoms with E-state index in [0.29, 0.717) is 32.0 Å². The van der Waals surface area contributed by atoms with Crippen molar-refractivity contribution in [3.05, 3.63) is 62.0 Å². The number of hydrogen-bond acceptors (Lipinski definition) is 7. The Kier molecular flexibility index (Phi) is 5.89. The molecule has 0 saturated heterocycles. The molecule has 0 spiro atoms. The number of aryl methyl sites for hydroxylation is 3. The van der Waals surface area contributed by atoms with Gasteiger partial charge >= 0.3 is 5.97 Å². The second kappa shape index (κ2) is 8.50. The number of carbonyl (C=O) groups excluding carboxylic acids is 2. The summed E-state index contributed by atoms with van der Waals surface area (Å²) >= 11 is 13.6. The first-order chi connectivity index (χ1) is 15.2. The average Bonchev–Trinajstić information content (AvgIpc) is 3.29. The molecule has 0 aliphatic carbocycles. The van der Waals surface area contributed by atoms with Crippen LogP contribution in [0.15, 0.2) is 24.3 Å². The van der Waals surface area contributed by atoms with Crippen LogP contribution in [-0.4, -0.2) is 38.6 Å². The maximum atomic E-state index is 12.9. The Morgan fingerprint density at radius 3 is 2.56 bits per heavy atom. The quantitative estimate of drug-likeness (QED) is 0.399. The van der Waals surface area contributed by atoms with E-state index in [9.17, 15) is 9.59 Å². The maximum absolute atomic E-state index is 12.9. The monoisotopic (exact) mass is 489 g/mol. The number of nitrogens with one attached hydrogen (secondary N) is 1. The number of amides is 1. The Balaban J connectivity index is 1.78. The lowest BCUT2D eigenvalue weighted by atomic mass is 10.0. The minimum Gasteiger partial charge on any atom is -0.465 e. The van der Waals surface area contributed by atoms with Gasteiger partial charge in [-0.15, -0.1) is 16.4 Å². The molecule has 0 saturated carbocycles. The van der Waals surface area contributed by atoms with E-state index >= 15 is 0 Å². The molecule has 0 bridgehead atoms. The summed E-state index contributed by atoms with van der Waals surface area (Å²) in [5.74, 6) is -0.939. The standard InChI is InChI=1S/C21H17Cl2N5O3S/c1-9-7-10(2)28-21(24-9)25-17(27-28)18(29)26-19-16(20(30)31-4)15(11(3)32-19)13-6-5-12(22)8-14(13)23/h5-8H,1-4H3,(H,26,29). The van der Waals surface area contributed by atoms with E-state index in [4.69, 9.17) is 27.9 Å². The van der Waals surface area contributed by atoms with Crippen molar-refractivity contribution in [3.63, 3.8) is 0 Å². The number of fused-ring (bicyclic) bond motifs is 1. The van der Waals surface area contributed by atoms with Gasteiger partial charge in [0.05, 0.1) is 7.11 Å². The van der Waals surface area contributed by atoms with E-state index in [2.05, 4.69) is 20.4 Å². The highest BCUT2D eigenvalue weighted by Gasteiger charge is 2.27. The van der Waals surface area contributed by atoms with Crippen LogP contribution in [0, 0.1) is 20.8 Å². The van der Waals surface area contributed by atoms with Crippen LogP contribution in [-0.2, 0) is 4.74 Å². The molecule has 4 aromatic rings. The van der Waals surface area contributed by atoms with Crippen molar-refractivity contribution < 1.29 is 14.3 Å². The number of rotatable bonds is 4. The van der Waals surface area contributed by atoms with Gasteiger partial charge in [-0.3, -0.25) is 4.79 Å². The molecule has 32 heavy (non-hydrogen) atoms. The topological polar surface area (TPSA) is 98.5 Å². The zero-order chi connectivity index (χ0) is 23.2. The van der Waals surface area contributed by atoms with Gasteiger partial charge in [0.15, 0.2) is 0 Å². The Hall–Kier alpha value is -3.01. The Bertz CT molecular complexity index is 1400. The van der Waals surface area contributed by atoms with E-state index in [1.54, 1.807) is 18.2 Å². The van der Waals surface area contributed by atoms with Crippen LogP contribution in [0.1, 0.15) is 37.2 Å². The van der Waals surface area contributed by atoms with Gasteiger partial charge in [-0.25, -0.2) is 14.3 Å². The molecule has 0 unspecified atom stereocenters. The van der Waals surface area contributed by atoms with Crippen LogP contribution in [0.25, 0.3) is 16.9 Å². The number of anilines is 1. The van der Waals surface area contributed by atoms with Gasteiger partial charge in [-0.2, -0.15) is 4.98 Å². The van der Waals surface area contributed by atoms with Crippen molar-refractivity contribution >= 4 is 57.2 Å². The summed E-state index contributed by atoms with van der Waals surface area (Å²) in [5, 5.41) is 8.13. The number of nitrogens with zero attached hydrogens (tertiary/aromatic N) is 4. The Morgan fingerprint density at radius 2 is 1.88 bits per heavy atom. The van der Waals surface area contributed by atoms with Crippen molar-refractivity contribution in [2.45, 2.75) is 20.8 Å². The van der Waals surface area contributed by atoms with E-state index in [1.165, 1.54) is 23.0 Å². The minimum atomic E-state index is -0.609. The van der Waals surface area contributed by atoms with Crippen molar-refractivity contribution in [2.24, 2.45) is 0 Å². The van der Waals surface area contributed by atoms with Crippen LogP contribution in [0.5, 0.6) is 0 Å². The zero-order valence-corrected chi connectivity index (χ0v) is 19.8. The highest BCUT2D eigenvalue weighted by atomic mass is 35.5. The first-order valence-electron chi connectivity index (χ1n) is 9.39. The molecule has 3 heterocycles. The first kappa shape index (κ1) is 22.2. The van der Waals surface area contributed by atoms with E-state index in [0.717, 1.165) is 16.3 Å². The number of thiophene rings is 1. The van der Waals surface area contributed by atoms with Gasteiger partial charge < -0.3 is 10.1 Å². The molecule has 1 N–H and O–H groups in total. The molecule has 0 fully saturated rings. The largest absolute Gasteiger partial charge is 0.465 e. The number of esters is 1. The van der Waals surface area contributed by atoms with Crippen LogP contribution < -0.4 is 5.32 Å². The Labute approximate surface area is 197 Å². The zero-order valence-electron chi connectivity index (χ0n) is 17.5. The summed E-state index contributed by atoms with van der Waals surface area (Å²) in [5.41, 5.74) is 2.92. The summed E-state index contributed by atoms with van der Waals surface area (Å²) in [6.07, 6.45) is 0. The van der Waals surface area contributed by atoms with Gasteiger partial charge in [0.25, 0.3) is 11.7 Å². The highest BCUT2D eigenvalue weighted by molar-refractivity contribution is 7.17. The van der Waals surface area contributed by atoms with Crippen LogP contribution in [0.3, 0.4) is 0 Å². The van der Waals surface area contributed by atoms with E-state index in [1.807, 2.05) is 26.8 Å². The molecule has 11 heteroatoms. The van der Waals surface area contributed by atoms with Crippen molar-refractivity contribution in [2.75, 3.05) is 12.4 Å². The summed E-state index contributed by atoms with van der Waals surface area (Å²) in [4.78, 5) is 34.9. The molecule has 4 rings (SSSR count). The SMILES string of the molecule is COC(=O)c1c(NC(=O)c2nc3nc(C)cc(C)n3n2)sc(C)c1-c1ccc(Cl)cc1Cl. The molecule has 0 atom stereocenters. The molecule has 164 valence electrons. The number of carbonyl (C=O) groups is 2.